The number of aromatic nitrogens is 1. The summed E-state index contributed by atoms with van der Waals surface area (Å²) in [6.07, 6.45) is 1.73. The van der Waals surface area contributed by atoms with Crippen LogP contribution in [0.3, 0.4) is 0 Å². The first-order valence-electron chi connectivity index (χ1n) is 11.9. The average molecular weight is 567 g/mol. The summed E-state index contributed by atoms with van der Waals surface area (Å²) in [5, 5.41) is 0.930. The Hall–Kier alpha value is -2.44. The molecule has 9 nitrogen and oxygen atoms in total. The molecule has 2 aromatic carbocycles. The monoisotopic (exact) mass is 566 g/mol. The predicted molar refractivity (Wildman–Crippen MR) is 147 cm³/mol. The molecule has 0 N–H and O–H groups in total. The summed E-state index contributed by atoms with van der Waals surface area (Å²) in [6, 6.07) is 8.78. The molecule has 37 heavy (non-hydrogen) atoms. The molecule has 1 aromatic heterocycles. The molecule has 1 atom stereocenters. The SMILES string of the molecule is COc1ccc(OC)c2sc(N(CCCN(C)C)C(=O)C3CCCN3S(=O)(=O)c3ccc(Cl)cc3)nc12. The second-order valence-corrected chi connectivity index (χ2v) is 12.3. The zero-order chi connectivity index (χ0) is 26.7. The molecule has 2 heterocycles. The van der Waals surface area contributed by atoms with Gasteiger partial charge in [0.1, 0.15) is 27.8 Å². The van der Waals surface area contributed by atoms with E-state index in [2.05, 4.69) is 0 Å². The molecule has 4 rings (SSSR count). The van der Waals surface area contributed by atoms with Gasteiger partial charge >= 0.3 is 0 Å². The maximum absolute atomic E-state index is 14.0. The first-order valence-corrected chi connectivity index (χ1v) is 14.6. The molecule has 1 saturated heterocycles. The molecular formula is C25H31ClN4O5S2. The van der Waals surface area contributed by atoms with Gasteiger partial charge < -0.3 is 14.4 Å². The highest BCUT2D eigenvalue weighted by atomic mass is 35.5. The molecule has 0 radical (unpaired) electrons. The van der Waals surface area contributed by atoms with E-state index in [4.69, 9.17) is 26.1 Å². The van der Waals surface area contributed by atoms with Gasteiger partial charge in [0.25, 0.3) is 0 Å². The van der Waals surface area contributed by atoms with Crippen molar-refractivity contribution in [3.63, 3.8) is 0 Å². The number of carbonyl (C=O) groups is 1. The van der Waals surface area contributed by atoms with Gasteiger partial charge in [-0.05, 0) is 76.3 Å². The predicted octanol–water partition coefficient (Wildman–Crippen LogP) is 4.10. The van der Waals surface area contributed by atoms with Crippen LogP contribution in [0.4, 0.5) is 5.13 Å². The van der Waals surface area contributed by atoms with Crippen LogP contribution in [0.25, 0.3) is 10.2 Å². The van der Waals surface area contributed by atoms with Gasteiger partial charge in [-0.1, -0.05) is 22.9 Å². The van der Waals surface area contributed by atoms with E-state index in [1.807, 2.05) is 19.0 Å². The van der Waals surface area contributed by atoms with Crippen LogP contribution in [0.5, 0.6) is 11.5 Å². The number of thiazole rings is 1. The molecule has 0 saturated carbocycles. The van der Waals surface area contributed by atoms with Crippen LogP contribution in [0.15, 0.2) is 41.3 Å². The van der Waals surface area contributed by atoms with Gasteiger partial charge in [-0.15, -0.1) is 0 Å². The van der Waals surface area contributed by atoms with Crippen LogP contribution in [0.1, 0.15) is 19.3 Å². The lowest BCUT2D eigenvalue weighted by molar-refractivity contribution is -0.121. The minimum Gasteiger partial charge on any atom is -0.495 e. The lowest BCUT2D eigenvalue weighted by Gasteiger charge is -2.29. The summed E-state index contributed by atoms with van der Waals surface area (Å²) < 4.78 is 40.1. The summed E-state index contributed by atoms with van der Waals surface area (Å²) >= 11 is 7.29. The molecular weight excluding hydrogens is 536 g/mol. The number of rotatable bonds is 10. The molecule has 0 aliphatic carbocycles. The van der Waals surface area contributed by atoms with Crippen molar-refractivity contribution in [1.29, 1.82) is 0 Å². The smallest absolute Gasteiger partial charge is 0.247 e. The molecule has 200 valence electrons. The first kappa shape index (κ1) is 27.6. The van der Waals surface area contributed by atoms with E-state index in [0.29, 0.717) is 53.0 Å². The molecule has 1 unspecified atom stereocenters. The Kier molecular flexibility index (Phi) is 8.59. The molecule has 0 spiro atoms. The quantitative estimate of drug-likeness (QED) is 0.365. The van der Waals surface area contributed by atoms with Crippen molar-refractivity contribution in [1.82, 2.24) is 14.2 Å². The number of carbonyl (C=O) groups excluding carboxylic acids is 1. The van der Waals surface area contributed by atoms with Crippen molar-refractivity contribution in [2.45, 2.75) is 30.2 Å². The van der Waals surface area contributed by atoms with E-state index in [1.165, 1.54) is 39.9 Å². The van der Waals surface area contributed by atoms with Gasteiger partial charge in [-0.25, -0.2) is 13.4 Å². The van der Waals surface area contributed by atoms with Gasteiger partial charge in [0.05, 0.1) is 19.1 Å². The highest BCUT2D eigenvalue weighted by Crippen LogP contribution is 2.41. The minimum atomic E-state index is -3.88. The largest absolute Gasteiger partial charge is 0.495 e. The van der Waals surface area contributed by atoms with Crippen LogP contribution in [-0.2, 0) is 14.8 Å². The molecule has 1 aliphatic heterocycles. The second kappa shape index (κ2) is 11.5. The van der Waals surface area contributed by atoms with Crippen LogP contribution in [0, 0.1) is 0 Å². The van der Waals surface area contributed by atoms with Crippen molar-refractivity contribution in [3.8, 4) is 11.5 Å². The number of hydrogen-bond donors (Lipinski definition) is 0. The van der Waals surface area contributed by atoms with Crippen molar-refractivity contribution in [2.24, 2.45) is 0 Å². The third-order valence-corrected chi connectivity index (χ3v) is 9.56. The standard InChI is InChI=1S/C25H31ClN4O5S2/c1-28(2)14-6-15-29(25-27-22-20(34-3)12-13-21(35-4)23(22)36-25)24(31)19-7-5-16-30(19)37(32,33)18-10-8-17(26)9-11-18/h8-13,19H,5-7,14-16H2,1-4H3. The third kappa shape index (κ3) is 5.70. The van der Waals surface area contributed by atoms with Gasteiger partial charge in [0.15, 0.2) is 5.13 Å². The number of nitrogens with zero attached hydrogens (tertiary/aromatic N) is 4. The molecule has 1 amide bonds. The van der Waals surface area contributed by atoms with Crippen LogP contribution < -0.4 is 14.4 Å². The summed E-state index contributed by atoms with van der Waals surface area (Å²) in [6.45, 7) is 1.43. The average Bonchev–Trinajstić information content (AvgIpc) is 3.54. The van der Waals surface area contributed by atoms with Crippen LogP contribution in [0.2, 0.25) is 5.02 Å². The van der Waals surface area contributed by atoms with Crippen molar-refractivity contribution < 1.29 is 22.7 Å². The van der Waals surface area contributed by atoms with E-state index in [1.54, 1.807) is 31.3 Å². The van der Waals surface area contributed by atoms with E-state index in [9.17, 15) is 13.2 Å². The fraction of sp³-hybridized carbons (Fsp3) is 0.440. The van der Waals surface area contributed by atoms with Crippen molar-refractivity contribution >= 4 is 54.2 Å². The minimum absolute atomic E-state index is 0.116. The Morgan fingerprint density at radius 3 is 2.43 bits per heavy atom. The number of sulfonamides is 1. The van der Waals surface area contributed by atoms with Crippen LogP contribution >= 0.6 is 22.9 Å². The summed E-state index contributed by atoms with van der Waals surface area (Å²) in [5.74, 6) is 0.922. The highest BCUT2D eigenvalue weighted by molar-refractivity contribution is 7.89. The summed E-state index contributed by atoms with van der Waals surface area (Å²) in [4.78, 5) is 22.6. The third-order valence-electron chi connectivity index (χ3n) is 6.29. The Bertz CT molecular complexity index is 1320. The summed E-state index contributed by atoms with van der Waals surface area (Å²) in [7, 11) is 3.20. The zero-order valence-electron chi connectivity index (χ0n) is 21.3. The summed E-state index contributed by atoms with van der Waals surface area (Å²) in [5.41, 5.74) is 0.601. The highest BCUT2D eigenvalue weighted by Gasteiger charge is 2.42. The number of anilines is 1. The molecule has 1 fully saturated rings. The lowest BCUT2D eigenvalue weighted by Crippen LogP contribution is -2.48. The van der Waals surface area contributed by atoms with Gasteiger partial charge in [0.2, 0.25) is 15.9 Å². The number of methoxy groups -OCH3 is 2. The molecule has 3 aromatic rings. The number of benzene rings is 2. The molecule has 0 bridgehead atoms. The van der Waals surface area contributed by atoms with Crippen molar-refractivity contribution in [3.05, 3.63) is 41.4 Å². The van der Waals surface area contributed by atoms with E-state index in [-0.39, 0.29) is 17.3 Å². The topological polar surface area (TPSA) is 92.3 Å². The Labute approximate surface area is 226 Å². The maximum Gasteiger partial charge on any atom is 0.247 e. The van der Waals surface area contributed by atoms with E-state index in [0.717, 1.165) is 11.2 Å². The Morgan fingerprint density at radius 2 is 1.78 bits per heavy atom. The maximum atomic E-state index is 14.0. The Morgan fingerprint density at radius 1 is 1.11 bits per heavy atom. The van der Waals surface area contributed by atoms with Crippen molar-refractivity contribution in [2.75, 3.05) is 52.8 Å². The normalized spacial score (nSPS) is 16.4. The van der Waals surface area contributed by atoms with Crippen LogP contribution in [-0.4, -0.2) is 82.5 Å². The fourth-order valence-electron chi connectivity index (χ4n) is 4.43. The van der Waals surface area contributed by atoms with Gasteiger partial charge in [-0.2, -0.15) is 4.31 Å². The second-order valence-electron chi connectivity index (χ2n) is 9.02. The number of amides is 1. The number of hydrogen-bond acceptors (Lipinski definition) is 8. The molecule has 12 heteroatoms. The number of ether oxygens (including phenoxy) is 2. The Balaban J connectivity index is 1.71. The molecule has 1 aliphatic rings. The lowest BCUT2D eigenvalue weighted by atomic mass is 10.2. The van der Waals surface area contributed by atoms with Gasteiger partial charge in [0, 0.05) is 18.1 Å². The number of halogens is 1. The van der Waals surface area contributed by atoms with E-state index >= 15 is 0 Å². The van der Waals surface area contributed by atoms with Gasteiger partial charge in [-0.3, -0.25) is 9.69 Å². The first-order chi connectivity index (χ1) is 17.7. The zero-order valence-corrected chi connectivity index (χ0v) is 23.7. The fourth-order valence-corrected chi connectivity index (χ4v) is 7.31. The van der Waals surface area contributed by atoms with E-state index < -0.39 is 16.1 Å². The number of fused-ring (bicyclic) bond motifs is 1.